The van der Waals surface area contributed by atoms with Gasteiger partial charge in [-0.25, -0.2) is 0 Å². The van der Waals surface area contributed by atoms with Gasteiger partial charge in [0.1, 0.15) is 0 Å². The first-order chi connectivity index (χ1) is 16.2. The molecule has 37 heavy (non-hydrogen) atoms. The summed E-state index contributed by atoms with van der Waals surface area (Å²) in [5, 5.41) is 0. The van der Waals surface area contributed by atoms with Gasteiger partial charge in [0.05, 0.1) is 13.2 Å². The Balaban J connectivity index is -0.000000201. The van der Waals surface area contributed by atoms with Crippen molar-refractivity contribution in [2.45, 2.75) is 141 Å². The molecule has 0 atom stereocenters. The number of nitrogens with zero attached hydrogens (tertiary/aromatic N) is 4. The number of hydrogen-bond acceptors (Lipinski definition) is 5. The maximum absolute atomic E-state index is 5.25. The standard InChI is InChI=1S/C9H20N2.C9H19N.C8H17NO.2C2H6.2CH4/c1-9(2,3)11-7-5-10(4)6-8-11;1-9(2,3)10-7-5-4-6-8-10;1-8(2,3)9-4-6-10-7-5-9;2*1-2;;/h5-8H2,1-4H3;4-8H2,1-3H3;4-7H2,1-3H3;2*1-2H3;2*1H4. The van der Waals surface area contributed by atoms with Crippen molar-refractivity contribution in [1.29, 1.82) is 0 Å². The Hall–Kier alpha value is -0.200. The molecule has 3 heterocycles. The fourth-order valence-corrected chi connectivity index (χ4v) is 4.28. The zero-order valence-corrected chi connectivity index (χ0v) is 26.9. The van der Waals surface area contributed by atoms with E-state index in [1.807, 2.05) is 27.7 Å². The molecule has 0 saturated carbocycles. The molecule has 0 bridgehead atoms. The SMILES string of the molecule is C.C.CC.CC.CC(C)(C)N1CCCCC1.CC(C)(C)N1CCOCC1.CN1CCN(C(C)(C)C)CC1. The van der Waals surface area contributed by atoms with Gasteiger partial charge >= 0.3 is 0 Å². The lowest BCUT2D eigenvalue weighted by atomic mass is 10.0. The molecule has 3 saturated heterocycles. The highest BCUT2D eigenvalue weighted by molar-refractivity contribution is 4.81. The molecule has 0 aromatic carbocycles. The monoisotopic (exact) mass is 533 g/mol. The molecule has 3 aliphatic heterocycles. The first kappa shape index (κ1) is 43.8. The molecule has 5 heteroatoms. The van der Waals surface area contributed by atoms with Gasteiger partial charge in [-0.3, -0.25) is 14.7 Å². The second-order valence-corrected chi connectivity index (χ2v) is 12.4. The van der Waals surface area contributed by atoms with E-state index in [1.165, 1.54) is 58.5 Å². The van der Waals surface area contributed by atoms with E-state index in [2.05, 4.69) is 89.0 Å². The Kier molecular flexibility index (Phi) is 26.8. The molecule has 0 radical (unpaired) electrons. The fourth-order valence-electron chi connectivity index (χ4n) is 4.28. The van der Waals surface area contributed by atoms with Crippen LogP contribution in [0, 0.1) is 0 Å². The van der Waals surface area contributed by atoms with E-state index < -0.39 is 0 Å². The minimum Gasteiger partial charge on any atom is -0.379 e. The van der Waals surface area contributed by atoms with E-state index >= 15 is 0 Å². The van der Waals surface area contributed by atoms with Crippen molar-refractivity contribution >= 4 is 0 Å². The molecule has 0 unspecified atom stereocenters. The molecule has 0 spiro atoms. The van der Waals surface area contributed by atoms with Crippen molar-refractivity contribution in [3.8, 4) is 0 Å². The average molecular weight is 533 g/mol. The predicted octanol–water partition coefficient (Wildman–Crippen LogP) is 7.74. The maximum Gasteiger partial charge on any atom is 0.0594 e. The minimum absolute atomic E-state index is 0. The Morgan fingerprint density at radius 3 is 1.00 bits per heavy atom. The number of rotatable bonds is 0. The van der Waals surface area contributed by atoms with Gasteiger partial charge in [0.2, 0.25) is 0 Å². The van der Waals surface area contributed by atoms with E-state index in [4.69, 9.17) is 4.74 Å². The quantitative estimate of drug-likeness (QED) is 0.317. The molecule has 0 aromatic rings. The smallest absolute Gasteiger partial charge is 0.0594 e. The average Bonchev–Trinajstić information content (AvgIpc) is 2.82. The lowest BCUT2D eigenvalue weighted by Crippen LogP contribution is -2.52. The van der Waals surface area contributed by atoms with Crippen LogP contribution in [-0.2, 0) is 4.74 Å². The number of hydrogen-bond donors (Lipinski definition) is 0. The summed E-state index contributed by atoms with van der Waals surface area (Å²) in [5.74, 6) is 0. The molecule has 5 nitrogen and oxygen atoms in total. The van der Waals surface area contributed by atoms with Gasteiger partial charge in [-0.05, 0) is 95.3 Å². The molecule has 0 aliphatic carbocycles. The summed E-state index contributed by atoms with van der Waals surface area (Å²) in [6.45, 7) is 40.0. The number of likely N-dealkylation sites (tertiary alicyclic amines) is 1. The van der Waals surface area contributed by atoms with Crippen LogP contribution in [0.2, 0.25) is 0 Å². The van der Waals surface area contributed by atoms with Crippen LogP contribution in [0.4, 0.5) is 0 Å². The summed E-state index contributed by atoms with van der Waals surface area (Å²) < 4.78 is 5.25. The van der Waals surface area contributed by atoms with Gasteiger partial charge in [0, 0.05) is 55.9 Å². The number of piperidine rings is 1. The topological polar surface area (TPSA) is 22.2 Å². The lowest BCUT2D eigenvalue weighted by molar-refractivity contribution is -0.00389. The van der Waals surface area contributed by atoms with Crippen molar-refractivity contribution in [1.82, 2.24) is 19.6 Å². The molecular weight excluding hydrogens is 456 g/mol. The van der Waals surface area contributed by atoms with Crippen molar-refractivity contribution in [2.24, 2.45) is 0 Å². The Morgan fingerprint density at radius 1 is 0.432 bits per heavy atom. The Bertz CT molecular complexity index is 429. The molecule has 3 aliphatic rings. The highest BCUT2D eigenvalue weighted by Gasteiger charge is 2.24. The van der Waals surface area contributed by atoms with Crippen molar-refractivity contribution in [3.05, 3.63) is 0 Å². The summed E-state index contributed by atoms with van der Waals surface area (Å²) in [7, 11) is 2.19. The molecule has 0 aromatic heterocycles. The summed E-state index contributed by atoms with van der Waals surface area (Å²) in [6, 6.07) is 0. The molecule has 0 N–H and O–H groups in total. The second kappa shape index (κ2) is 22.6. The van der Waals surface area contributed by atoms with E-state index in [9.17, 15) is 0 Å². The molecule has 0 amide bonds. The lowest BCUT2D eigenvalue weighted by Gasteiger charge is -2.41. The summed E-state index contributed by atoms with van der Waals surface area (Å²) >= 11 is 0. The Labute approximate surface area is 237 Å². The highest BCUT2D eigenvalue weighted by atomic mass is 16.5. The van der Waals surface area contributed by atoms with Crippen LogP contribution < -0.4 is 0 Å². The molecule has 3 rings (SSSR count). The first-order valence-electron chi connectivity index (χ1n) is 14.7. The third-order valence-corrected chi connectivity index (χ3v) is 6.72. The largest absolute Gasteiger partial charge is 0.379 e. The minimum atomic E-state index is 0. The normalized spacial score (nSPS) is 19.9. The van der Waals surface area contributed by atoms with Gasteiger partial charge in [-0.2, -0.15) is 0 Å². The molecule has 3 fully saturated rings. The van der Waals surface area contributed by atoms with Crippen molar-refractivity contribution < 1.29 is 4.74 Å². The zero-order chi connectivity index (χ0) is 27.7. The van der Waals surface area contributed by atoms with E-state index in [0.717, 1.165) is 26.3 Å². The van der Waals surface area contributed by atoms with Crippen molar-refractivity contribution in [2.75, 3.05) is 72.6 Å². The Morgan fingerprint density at radius 2 is 0.730 bits per heavy atom. The number of ether oxygens (including phenoxy) is 1. The highest BCUT2D eigenvalue weighted by Crippen LogP contribution is 2.19. The van der Waals surface area contributed by atoms with E-state index in [-0.39, 0.29) is 14.9 Å². The zero-order valence-electron chi connectivity index (χ0n) is 26.9. The number of piperazine rings is 1. The van der Waals surface area contributed by atoms with Crippen LogP contribution in [-0.4, -0.2) is 109 Å². The van der Waals surface area contributed by atoms with Gasteiger partial charge in [0.15, 0.2) is 0 Å². The summed E-state index contributed by atoms with van der Waals surface area (Å²) in [6.07, 6.45) is 4.24. The second-order valence-electron chi connectivity index (χ2n) is 12.4. The predicted molar refractivity (Wildman–Crippen MR) is 172 cm³/mol. The van der Waals surface area contributed by atoms with Crippen molar-refractivity contribution in [3.63, 3.8) is 0 Å². The maximum atomic E-state index is 5.25. The van der Waals surface area contributed by atoms with E-state index in [1.54, 1.807) is 0 Å². The number of likely N-dealkylation sites (N-methyl/N-ethyl adjacent to an activating group) is 1. The number of morpholine rings is 1. The molecular formula is C32H76N4O. The van der Waals surface area contributed by atoms with Crippen LogP contribution in [0.5, 0.6) is 0 Å². The van der Waals surface area contributed by atoms with Crippen LogP contribution >= 0.6 is 0 Å². The van der Waals surface area contributed by atoms with Crippen LogP contribution in [0.3, 0.4) is 0 Å². The van der Waals surface area contributed by atoms with Gasteiger partial charge in [-0.1, -0.05) is 49.0 Å². The first-order valence-corrected chi connectivity index (χ1v) is 14.7. The van der Waals surface area contributed by atoms with Crippen LogP contribution in [0.1, 0.15) is 124 Å². The van der Waals surface area contributed by atoms with Gasteiger partial charge in [-0.15, -0.1) is 0 Å². The third-order valence-electron chi connectivity index (χ3n) is 6.72. The molecule has 230 valence electrons. The summed E-state index contributed by atoms with van der Waals surface area (Å²) in [5.41, 5.74) is 1.09. The third kappa shape index (κ3) is 21.3. The van der Waals surface area contributed by atoms with Gasteiger partial charge < -0.3 is 9.64 Å². The van der Waals surface area contributed by atoms with Gasteiger partial charge in [0.25, 0.3) is 0 Å². The van der Waals surface area contributed by atoms with Crippen LogP contribution in [0.25, 0.3) is 0 Å². The van der Waals surface area contributed by atoms with Crippen LogP contribution in [0.15, 0.2) is 0 Å². The summed E-state index contributed by atoms with van der Waals surface area (Å²) in [4.78, 5) is 9.97. The van der Waals surface area contributed by atoms with E-state index in [0.29, 0.717) is 16.6 Å². The fraction of sp³-hybridized carbons (Fsp3) is 1.00.